The van der Waals surface area contributed by atoms with E-state index in [4.69, 9.17) is 0 Å². The van der Waals surface area contributed by atoms with Crippen molar-refractivity contribution in [3.05, 3.63) is 75.0 Å². The van der Waals surface area contributed by atoms with Crippen molar-refractivity contribution in [2.24, 2.45) is 0 Å². The van der Waals surface area contributed by atoms with E-state index < -0.39 is 17.6 Å². The number of anilines is 1. The summed E-state index contributed by atoms with van der Waals surface area (Å²) in [7, 11) is 0. The Kier molecular flexibility index (Phi) is 4.86. The molecule has 0 bridgehead atoms. The van der Waals surface area contributed by atoms with E-state index >= 15 is 0 Å². The second-order valence-corrected chi connectivity index (χ2v) is 6.51. The van der Waals surface area contributed by atoms with Crippen LogP contribution in [0.4, 0.5) is 18.9 Å². The molecule has 1 amide bonds. The number of alkyl halides is 3. The van der Waals surface area contributed by atoms with Crippen LogP contribution in [0.25, 0.3) is 10.9 Å². The lowest BCUT2D eigenvalue weighted by molar-refractivity contribution is -0.137. The number of hydrogen-bond donors (Lipinski definition) is 1. The van der Waals surface area contributed by atoms with Crippen molar-refractivity contribution < 1.29 is 18.0 Å². The molecule has 26 heavy (non-hydrogen) atoms. The van der Waals surface area contributed by atoms with Gasteiger partial charge in [0.05, 0.1) is 11.1 Å². The third-order valence-corrected chi connectivity index (χ3v) is 4.24. The van der Waals surface area contributed by atoms with Gasteiger partial charge in [0.1, 0.15) is 6.54 Å². The molecule has 0 spiro atoms. The molecule has 0 fully saturated rings. The van der Waals surface area contributed by atoms with Crippen LogP contribution in [0.5, 0.6) is 0 Å². The summed E-state index contributed by atoms with van der Waals surface area (Å²) < 4.78 is 40.0. The number of hydrogen-bond acceptors (Lipinski definition) is 2. The number of benzene rings is 2. The molecule has 0 aliphatic rings. The number of rotatable bonds is 3. The molecule has 8 heteroatoms. The highest BCUT2D eigenvalue weighted by molar-refractivity contribution is 9.10. The van der Waals surface area contributed by atoms with E-state index in [1.807, 2.05) is 0 Å². The highest BCUT2D eigenvalue weighted by atomic mass is 79.9. The van der Waals surface area contributed by atoms with Gasteiger partial charge in [-0.15, -0.1) is 0 Å². The van der Waals surface area contributed by atoms with Gasteiger partial charge in [-0.25, -0.2) is 0 Å². The summed E-state index contributed by atoms with van der Waals surface area (Å²) in [5.74, 6) is -0.419. The number of fused-ring (bicyclic) bond motifs is 1. The lowest BCUT2D eigenvalue weighted by Gasteiger charge is -2.12. The summed E-state index contributed by atoms with van der Waals surface area (Å²) in [5, 5.41) is 3.01. The van der Waals surface area contributed by atoms with Gasteiger partial charge in [-0.3, -0.25) is 9.59 Å². The van der Waals surface area contributed by atoms with Gasteiger partial charge in [0, 0.05) is 27.8 Å². The molecule has 1 N–H and O–H groups in total. The number of halogens is 4. The minimum Gasteiger partial charge on any atom is -0.338 e. The lowest BCUT2D eigenvalue weighted by atomic mass is 10.2. The first-order valence-corrected chi connectivity index (χ1v) is 8.29. The molecular formula is C18H12BrF3N2O2. The lowest BCUT2D eigenvalue weighted by Crippen LogP contribution is -2.20. The van der Waals surface area contributed by atoms with Crippen LogP contribution in [0.2, 0.25) is 0 Å². The number of amides is 1. The van der Waals surface area contributed by atoms with Crippen molar-refractivity contribution in [1.29, 1.82) is 0 Å². The van der Waals surface area contributed by atoms with E-state index in [2.05, 4.69) is 21.2 Å². The van der Waals surface area contributed by atoms with Gasteiger partial charge in [-0.2, -0.15) is 13.2 Å². The highest BCUT2D eigenvalue weighted by Gasteiger charge is 2.29. The number of nitrogens with zero attached hydrogens (tertiary/aromatic N) is 1. The van der Waals surface area contributed by atoms with Crippen LogP contribution >= 0.6 is 15.9 Å². The van der Waals surface area contributed by atoms with Gasteiger partial charge < -0.3 is 9.88 Å². The number of aromatic nitrogens is 1. The first-order chi connectivity index (χ1) is 12.2. The molecule has 4 nitrogen and oxygen atoms in total. The average Bonchev–Trinajstić information content (AvgIpc) is 2.57. The SMILES string of the molecule is O=C(Cn1ccc(=O)c2cc(Br)ccc21)Nc1ccc(C(F)(F)F)cc1. The van der Waals surface area contributed by atoms with Crippen molar-refractivity contribution in [3.8, 4) is 0 Å². The minimum absolute atomic E-state index is 0.0839. The molecule has 3 aromatic rings. The van der Waals surface area contributed by atoms with Crippen molar-refractivity contribution in [2.45, 2.75) is 12.7 Å². The van der Waals surface area contributed by atoms with E-state index in [0.717, 1.165) is 16.6 Å². The highest BCUT2D eigenvalue weighted by Crippen LogP contribution is 2.29. The molecule has 0 atom stereocenters. The van der Waals surface area contributed by atoms with Gasteiger partial charge in [0.25, 0.3) is 0 Å². The summed E-state index contributed by atoms with van der Waals surface area (Å²) in [6.45, 7) is -0.0839. The maximum atomic E-state index is 12.6. The quantitative estimate of drug-likeness (QED) is 0.676. The largest absolute Gasteiger partial charge is 0.416 e. The maximum Gasteiger partial charge on any atom is 0.416 e. The zero-order valence-electron chi connectivity index (χ0n) is 13.2. The fourth-order valence-corrected chi connectivity index (χ4v) is 2.88. The molecule has 0 aliphatic carbocycles. The molecule has 0 saturated heterocycles. The van der Waals surface area contributed by atoms with Crippen LogP contribution in [0.3, 0.4) is 0 Å². The Bertz CT molecular complexity index is 1030. The first kappa shape index (κ1) is 18.2. The number of carbonyl (C=O) groups is 1. The van der Waals surface area contributed by atoms with Crippen molar-refractivity contribution in [1.82, 2.24) is 4.57 Å². The first-order valence-electron chi connectivity index (χ1n) is 7.50. The van der Waals surface area contributed by atoms with E-state index in [9.17, 15) is 22.8 Å². The average molecular weight is 425 g/mol. The second kappa shape index (κ2) is 6.95. The molecule has 134 valence electrons. The standard InChI is InChI=1S/C18H12BrF3N2O2/c19-12-3-6-15-14(9-12)16(25)7-8-24(15)10-17(26)23-13-4-1-11(2-5-13)18(20,21)22/h1-9H,10H2,(H,23,26). The topological polar surface area (TPSA) is 51.1 Å². The van der Waals surface area contributed by atoms with Gasteiger partial charge >= 0.3 is 6.18 Å². The molecule has 0 unspecified atom stereocenters. The predicted molar refractivity (Wildman–Crippen MR) is 96.0 cm³/mol. The number of nitrogens with one attached hydrogen (secondary N) is 1. The summed E-state index contributed by atoms with van der Waals surface area (Å²) in [6.07, 6.45) is -2.92. The van der Waals surface area contributed by atoms with Crippen LogP contribution in [0, 0.1) is 0 Å². The number of carbonyl (C=O) groups excluding carboxylic acids is 1. The van der Waals surface area contributed by atoms with Crippen LogP contribution < -0.4 is 10.7 Å². The van der Waals surface area contributed by atoms with E-state index in [1.54, 1.807) is 22.8 Å². The molecule has 0 radical (unpaired) electrons. The summed E-state index contributed by atoms with van der Waals surface area (Å²) in [6, 6.07) is 10.7. The fraction of sp³-hybridized carbons (Fsp3) is 0.111. The van der Waals surface area contributed by atoms with E-state index in [-0.39, 0.29) is 17.7 Å². The van der Waals surface area contributed by atoms with Crippen LogP contribution in [0.15, 0.2) is 64.0 Å². The smallest absolute Gasteiger partial charge is 0.338 e. The molecule has 0 aliphatic heterocycles. The monoisotopic (exact) mass is 424 g/mol. The fourth-order valence-electron chi connectivity index (χ4n) is 2.52. The summed E-state index contributed by atoms with van der Waals surface area (Å²) in [5.41, 5.74) is -0.104. The Morgan fingerprint density at radius 3 is 2.42 bits per heavy atom. The third-order valence-electron chi connectivity index (χ3n) is 3.75. The Hall–Kier alpha value is -2.61. The zero-order valence-corrected chi connectivity index (χ0v) is 14.8. The van der Waals surface area contributed by atoms with Gasteiger partial charge in [-0.1, -0.05) is 15.9 Å². The normalized spacial score (nSPS) is 11.5. The Morgan fingerprint density at radius 2 is 1.77 bits per heavy atom. The van der Waals surface area contributed by atoms with Crippen LogP contribution in [0.1, 0.15) is 5.56 Å². The third kappa shape index (κ3) is 3.96. The van der Waals surface area contributed by atoms with E-state index in [0.29, 0.717) is 10.9 Å². The van der Waals surface area contributed by atoms with Crippen LogP contribution in [-0.4, -0.2) is 10.5 Å². The zero-order chi connectivity index (χ0) is 18.9. The molecule has 1 heterocycles. The molecule has 3 rings (SSSR count). The summed E-state index contributed by atoms with van der Waals surface area (Å²) >= 11 is 3.30. The van der Waals surface area contributed by atoms with Crippen molar-refractivity contribution in [2.75, 3.05) is 5.32 Å². The Morgan fingerprint density at radius 1 is 1.08 bits per heavy atom. The van der Waals surface area contributed by atoms with Crippen LogP contribution in [-0.2, 0) is 17.5 Å². The summed E-state index contributed by atoms with van der Waals surface area (Å²) in [4.78, 5) is 24.2. The van der Waals surface area contributed by atoms with E-state index in [1.165, 1.54) is 24.4 Å². The minimum atomic E-state index is -4.42. The van der Waals surface area contributed by atoms with Gasteiger partial charge in [0.15, 0.2) is 5.43 Å². The molecular weight excluding hydrogens is 413 g/mol. The maximum absolute atomic E-state index is 12.6. The number of pyridine rings is 1. The second-order valence-electron chi connectivity index (χ2n) is 5.59. The van der Waals surface area contributed by atoms with Gasteiger partial charge in [-0.05, 0) is 42.5 Å². The van der Waals surface area contributed by atoms with Crippen molar-refractivity contribution in [3.63, 3.8) is 0 Å². The van der Waals surface area contributed by atoms with Crippen molar-refractivity contribution >= 4 is 38.4 Å². The molecule has 2 aromatic carbocycles. The Balaban J connectivity index is 1.79. The molecule has 1 aromatic heterocycles. The Labute approximate surface area is 154 Å². The molecule has 0 saturated carbocycles. The van der Waals surface area contributed by atoms with Gasteiger partial charge in [0.2, 0.25) is 5.91 Å². The predicted octanol–water partition coefficient (Wildman–Crippen LogP) is 4.42.